The molecule has 4 rings (SSSR count). The van der Waals surface area contributed by atoms with E-state index in [0.717, 1.165) is 67.8 Å². The monoisotopic (exact) mass is 419 g/mol. The third-order valence-corrected chi connectivity index (χ3v) is 6.20. The van der Waals surface area contributed by atoms with Crippen molar-refractivity contribution in [3.8, 4) is 11.3 Å². The van der Waals surface area contributed by atoms with Gasteiger partial charge in [0.15, 0.2) is 5.82 Å². The number of aryl methyl sites for hydroxylation is 2. The smallest absolute Gasteiger partial charge is 0.224 e. The highest BCUT2D eigenvalue weighted by Crippen LogP contribution is 2.29. The Hall–Kier alpha value is -2.89. The van der Waals surface area contributed by atoms with Crippen LogP contribution >= 0.6 is 0 Å². The Kier molecular flexibility index (Phi) is 6.54. The van der Waals surface area contributed by atoms with Crippen molar-refractivity contribution in [2.45, 2.75) is 52.9 Å². The molecule has 1 unspecified atom stereocenters. The molecule has 1 saturated heterocycles. The number of rotatable bonds is 7. The van der Waals surface area contributed by atoms with Gasteiger partial charge in [0.1, 0.15) is 5.52 Å². The van der Waals surface area contributed by atoms with Crippen molar-refractivity contribution in [3.05, 3.63) is 47.8 Å². The van der Waals surface area contributed by atoms with Crippen LogP contribution in [-0.2, 0) is 4.79 Å². The molecule has 0 spiro atoms. The fraction of sp³-hybridized carbons (Fsp3) is 0.480. The van der Waals surface area contributed by atoms with E-state index in [4.69, 9.17) is 5.10 Å². The Labute approximate surface area is 184 Å². The molecule has 0 bridgehead atoms. The SMILES string of the molecule is CCCCCNC(=O)C1CCCN(c2nccn3nc(-c4ccc(C)cc4C)cc23)C1. The zero-order chi connectivity index (χ0) is 21.8. The molecule has 1 amide bonds. The molecule has 1 N–H and O–H groups in total. The van der Waals surface area contributed by atoms with E-state index in [1.807, 2.05) is 10.7 Å². The summed E-state index contributed by atoms with van der Waals surface area (Å²) in [5, 5.41) is 7.94. The summed E-state index contributed by atoms with van der Waals surface area (Å²) in [6.45, 7) is 8.80. The summed E-state index contributed by atoms with van der Waals surface area (Å²) in [6.07, 6.45) is 9.01. The Morgan fingerprint density at radius 1 is 1.23 bits per heavy atom. The molecular formula is C25H33N5O. The first-order chi connectivity index (χ1) is 15.1. The number of piperidine rings is 1. The van der Waals surface area contributed by atoms with Gasteiger partial charge in [0.25, 0.3) is 0 Å². The van der Waals surface area contributed by atoms with Crippen molar-refractivity contribution < 1.29 is 4.79 Å². The van der Waals surface area contributed by atoms with Crippen LogP contribution < -0.4 is 10.2 Å². The predicted molar refractivity (Wildman–Crippen MR) is 125 cm³/mol. The molecule has 6 nitrogen and oxygen atoms in total. The molecule has 1 aliphatic heterocycles. The number of hydrogen-bond donors (Lipinski definition) is 1. The lowest BCUT2D eigenvalue weighted by molar-refractivity contribution is -0.125. The topological polar surface area (TPSA) is 62.5 Å². The maximum absolute atomic E-state index is 12.7. The second-order valence-electron chi connectivity index (χ2n) is 8.71. The summed E-state index contributed by atoms with van der Waals surface area (Å²) in [6, 6.07) is 8.57. The number of anilines is 1. The number of carbonyl (C=O) groups excluding carboxylic acids is 1. The molecule has 1 atom stereocenters. The number of carbonyl (C=O) groups is 1. The van der Waals surface area contributed by atoms with Crippen LogP contribution in [0.2, 0.25) is 0 Å². The second-order valence-corrected chi connectivity index (χ2v) is 8.71. The minimum Gasteiger partial charge on any atom is -0.356 e. The van der Waals surface area contributed by atoms with Gasteiger partial charge in [-0.15, -0.1) is 0 Å². The van der Waals surface area contributed by atoms with Crippen LogP contribution in [0.25, 0.3) is 16.8 Å². The number of nitrogens with zero attached hydrogens (tertiary/aromatic N) is 4. The number of benzene rings is 1. The summed E-state index contributed by atoms with van der Waals surface area (Å²) in [7, 11) is 0. The zero-order valence-corrected chi connectivity index (χ0v) is 18.9. The van der Waals surface area contributed by atoms with Gasteiger partial charge in [-0.25, -0.2) is 9.50 Å². The minimum absolute atomic E-state index is 0.0131. The van der Waals surface area contributed by atoms with E-state index in [9.17, 15) is 4.79 Å². The number of aromatic nitrogens is 3. The molecule has 0 saturated carbocycles. The first kappa shape index (κ1) is 21.3. The fourth-order valence-electron chi connectivity index (χ4n) is 4.50. The lowest BCUT2D eigenvalue weighted by Crippen LogP contribution is -2.43. The average molecular weight is 420 g/mol. The molecular weight excluding hydrogens is 386 g/mol. The lowest BCUT2D eigenvalue weighted by atomic mass is 9.97. The minimum atomic E-state index is 0.0131. The number of nitrogens with one attached hydrogen (secondary N) is 1. The molecule has 0 radical (unpaired) electrons. The first-order valence-corrected chi connectivity index (χ1v) is 11.5. The highest BCUT2D eigenvalue weighted by Gasteiger charge is 2.27. The summed E-state index contributed by atoms with van der Waals surface area (Å²) in [5.41, 5.74) is 5.55. The first-order valence-electron chi connectivity index (χ1n) is 11.5. The summed E-state index contributed by atoms with van der Waals surface area (Å²) in [4.78, 5) is 19.6. The third kappa shape index (κ3) is 4.73. The van der Waals surface area contributed by atoms with Gasteiger partial charge in [0.05, 0.1) is 11.6 Å². The van der Waals surface area contributed by atoms with Gasteiger partial charge in [-0.2, -0.15) is 5.10 Å². The van der Waals surface area contributed by atoms with E-state index in [1.165, 1.54) is 11.1 Å². The van der Waals surface area contributed by atoms with Crippen molar-refractivity contribution in [1.29, 1.82) is 0 Å². The van der Waals surface area contributed by atoms with E-state index in [1.54, 1.807) is 6.20 Å². The summed E-state index contributed by atoms with van der Waals surface area (Å²) >= 11 is 0. The predicted octanol–water partition coefficient (Wildman–Crippen LogP) is 4.54. The van der Waals surface area contributed by atoms with Gasteiger partial charge < -0.3 is 10.2 Å². The molecule has 1 fully saturated rings. The third-order valence-electron chi connectivity index (χ3n) is 6.20. The quantitative estimate of drug-likeness (QED) is 0.571. The average Bonchev–Trinajstić information content (AvgIpc) is 3.20. The standard InChI is InChI=1S/C25H33N5O/c1-4-5-6-11-27-25(31)20-8-7-13-29(17-20)24-23-16-22(28-30(23)14-12-26-24)21-10-9-18(2)15-19(21)3/h9-10,12,14-16,20H,4-8,11,13,17H2,1-3H3,(H,27,31). The molecule has 1 aliphatic rings. The molecule has 3 heterocycles. The zero-order valence-electron chi connectivity index (χ0n) is 18.9. The van der Waals surface area contributed by atoms with Crippen molar-refractivity contribution in [2.75, 3.05) is 24.5 Å². The highest BCUT2D eigenvalue weighted by atomic mass is 16.1. The molecule has 3 aromatic rings. The van der Waals surface area contributed by atoms with Gasteiger partial charge in [-0.1, -0.05) is 43.5 Å². The fourth-order valence-corrected chi connectivity index (χ4v) is 4.50. The van der Waals surface area contributed by atoms with Crippen LogP contribution in [0.4, 0.5) is 5.82 Å². The van der Waals surface area contributed by atoms with Crippen molar-refractivity contribution in [3.63, 3.8) is 0 Å². The lowest BCUT2D eigenvalue weighted by Gasteiger charge is -2.33. The molecule has 1 aromatic carbocycles. The van der Waals surface area contributed by atoms with Crippen molar-refractivity contribution in [2.24, 2.45) is 5.92 Å². The molecule has 164 valence electrons. The van der Waals surface area contributed by atoms with Gasteiger partial charge in [0, 0.05) is 37.6 Å². The number of fused-ring (bicyclic) bond motifs is 1. The van der Waals surface area contributed by atoms with Crippen LogP contribution in [0.3, 0.4) is 0 Å². The van der Waals surface area contributed by atoms with Gasteiger partial charge in [0.2, 0.25) is 5.91 Å². The van der Waals surface area contributed by atoms with Gasteiger partial charge in [-0.3, -0.25) is 4.79 Å². The normalized spacial score (nSPS) is 16.6. The number of unbranched alkanes of at least 4 members (excludes halogenated alkanes) is 2. The largest absolute Gasteiger partial charge is 0.356 e. The van der Waals surface area contributed by atoms with Crippen LogP contribution in [0, 0.1) is 19.8 Å². The van der Waals surface area contributed by atoms with Crippen molar-refractivity contribution in [1.82, 2.24) is 19.9 Å². The Morgan fingerprint density at radius 3 is 2.90 bits per heavy atom. The molecule has 2 aromatic heterocycles. The Bertz CT molecular complexity index is 1060. The Balaban J connectivity index is 1.55. The van der Waals surface area contributed by atoms with E-state index in [-0.39, 0.29) is 11.8 Å². The maximum Gasteiger partial charge on any atom is 0.224 e. The number of amides is 1. The van der Waals surface area contributed by atoms with Crippen LogP contribution in [0.5, 0.6) is 0 Å². The number of hydrogen-bond acceptors (Lipinski definition) is 4. The summed E-state index contributed by atoms with van der Waals surface area (Å²) < 4.78 is 1.91. The van der Waals surface area contributed by atoms with E-state index < -0.39 is 0 Å². The second kappa shape index (κ2) is 9.50. The highest BCUT2D eigenvalue weighted by molar-refractivity contribution is 5.81. The summed E-state index contributed by atoms with van der Waals surface area (Å²) in [5.74, 6) is 1.10. The van der Waals surface area contributed by atoms with Crippen LogP contribution in [-0.4, -0.2) is 40.1 Å². The van der Waals surface area contributed by atoms with E-state index >= 15 is 0 Å². The molecule has 6 heteroatoms. The van der Waals surface area contributed by atoms with Crippen LogP contribution in [0.1, 0.15) is 50.2 Å². The van der Waals surface area contributed by atoms with Gasteiger partial charge in [-0.05, 0) is 44.7 Å². The molecule has 0 aliphatic carbocycles. The van der Waals surface area contributed by atoms with Crippen molar-refractivity contribution >= 4 is 17.2 Å². The van der Waals surface area contributed by atoms with E-state index in [0.29, 0.717) is 6.54 Å². The maximum atomic E-state index is 12.7. The van der Waals surface area contributed by atoms with E-state index in [2.05, 4.69) is 60.2 Å². The van der Waals surface area contributed by atoms with Crippen LogP contribution in [0.15, 0.2) is 36.7 Å². The van der Waals surface area contributed by atoms with Gasteiger partial charge >= 0.3 is 0 Å². The Morgan fingerprint density at radius 2 is 2.10 bits per heavy atom. The molecule has 31 heavy (non-hydrogen) atoms.